The summed E-state index contributed by atoms with van der Waals surface area (Å²) in [6.45, 7) is 1.88. The van der Waals surface area contributed by atoms with Crippen LogP contribution in [0.5, 0.6) is 0 Å². The third-order valence-corrected chi connectivity index (χ3v) is 3.22. The van der Waals surface area contributed by atoms with Gasteiger partial charge in [-0.25, -0.2) is 9.97 Å². The van der Waals surface area contributed by atoms with Crippen LogP contribution in [0.15, 0.2) is 29.5 Å². The van der Waals surface area contributed by atoms with Gasteiger partial charge in [-0.2, -0.15) is 0 Å². The SMILES string of the molecule is O=c1c2cccnc2ncn1C1CCCNC1. The van der Waals surface area contributed by atoms with Gasteiger partial charge in [0.1, 0.15) is 6.33 Å². The molecule has 0 aromatic carbocycles. The minimum Gasteiger partial charge on any atom is -0.315 e. The van der Waals surface area contributed by atoms with E-state index < -0.39 is 0 Å². The van der Waals surface area contributed by atoms with E-state index in [2.05, 4.69) is 15.3 Å². The maximum atomic E-state index is 12.3. The maximum Gasteiger partial charge on any atom is 0.263 e. The molecule has 0 bridgehead atoms. The van der Waals surface area contributed by atoms with E-state index >= 15 is 0 Å². The van der Waals surface area contributed by atoms with Gasteiger partial charge in [0, 0.05) is 12.7 Å². The van der Waals surface area contributed by atoms with Crippen molar-refractivity contribution in [2.75, 3.05) is 13.1 Å². The largest absolute Gasteiger partial charge is 0.315 e. The molecule has 0 amide bonds. The lowest BCUT2D eigenvalue weighted by Crippen LogP contribution is -2.36. The Balaban J connectivity index is 2.11. The van der Waals surface area contributed by atoms with E-state index in [4.69, 9.17) is 0 Å². The normalized spacial score (nSPS) is 20.6. The Labute approximate surface area is 98.5 Å². The van der Waals surface area contributed by atoms with Gasteiger partial charge in [0.15, 0.2) is 5.65 Å². The lowest BCUT2D eigenvalue weighted by atomic mass is 10.1. The van der Waals surface area contributed by atoms with Gasteiger partial charge < -0.3 is 5.32 Å². The first-order valence-corrected chi connectivity index (χ1v) is 5.89. The van der Waals surface area contributed by atoms with Crippen molar-refractivity contribution in [3.63, 3.8) is 0 Å². The van der Waals surface area contributed by atoms with Crippen LogP contribution in [-0.2, 0) is 0 Å². The van der Waals surface area contributed by atoms with Crippen LogP contribution in [0.1, 0.15) is 18.9 Å². The van der Waals surface area contributed by atoms with E-state index in [9.17, 15) is 4.79 Å². The minimum absolute atomic E-state index is 0.0109. The van der Waals surface area contributed by atoms with E-state index in [1.165, 1.54) is 0 Å². The number of piperidine rings is 1. The van der Waals surface area contributed by atoms with Gasteiger partial charge in [0.2, 0.25) is 0 Å². The Morgan fingerprint density at radius 1 is 1.41 bits per heavy atom. The zero-order chi connectivity index (χ0) is 11.7. The summed E-state index contributed by atoms with van der Waals surface area (Å²) >= 11 is 0. The van der Waals surface area contributed by atoms with Crippen LogP contribution in [0.4, 0.5) is 0 Å². The van der Waals surface area contributed by atoms with E-state index in [1.54, 1.807) is 29.2 Å². The molecule has 17 heavy (non-hydrogen) atoms. The van der Waals surface area contributed by atoms with Crippen molar-refractivity contribution in [2.24, 2.45) is 0 Å². The number of aromatic nitrogens is 3. The molecule has 2 aromatic heterocycles. The van der Waals surface area contributed by atoms with Crippen LogP contribution in [0, 0.1) is 0 Å². The standard InChI is InChI=1S/C12H14N4O/c17-12-10-4-2-6-14-11(10)15-8-16(12)9-3-1-5-13-7-9/h2,4,6,8-9,13H,1,3,5,7H2. The van der Waals surface area contributed by atoms with Crippen molar-refractivity contribution in [3.05, 3.63) is 35.0 Å². The molecule has 5 nitrogen and oxygen atoms in total. The molecular formula is C12H14N4O. The van der Waals surface area contributed by atoms with E-state index in [1.807, 2.05) is 0 Å². The van der Waals surface area contributed by atoms with Gasteiger partial charge in [0.25, 0.3) is 5.56 Å². The third-order valence-electron chi connectivity index (χ3n) is 3.22. The quantitative estimate of drug-likeness (QED) is 0.784. The Morgan fingerprint density at radius 3 is 3.18 bits per heavy atom. The Morgan fingerprint density at radius 2 is 2.35 bits per heavy atom. The molecule has 0 spiro atoms. The van der Waals surface area contributed by atoms with Crippen LogP contribution in [0.2, 0.25) is 0 Å². The van der Waals surface area contributed by atoms with Crippen molar-refractivity contribution < 1.29 is 0 Å². The first kappa shape index (κ1) is 10.4. The summed E-state index contributed by atoms with van der Waals surface area (Å²) < 4.78 is 1.73. The Hall–Kier alpha value is -1.75. The molecule has 1 unspecified atom stereocenters. The van der Waals surface area contributed by atoms with Crippen LogP contribution < -0.4 is 10.9 Å². The first-order chi connectivity index (χ1) is 8.36. The van der Waals surface area contributed by atoms with Gasteiger partial charge >= 0.3 is 0 Å². The summed E-state index contributed by atoms with van der Waals surface area (Å²) in [6.07, 6.45) is 5.40. The maximum absolute atomic E-state index is 12.3. The van der Waals surface area contributed by atoms with Crippen molar-refractivity contribution in [1.82, 2.24) is 19.9 Å². The molecule has 1 aliphatic heterocycles. The van der Waals surface area contributed by atoms with E-state index in [0.29, 0.717) is 11.0 Å². The molecule has 0 saturated carbocycles. The predicted octanol–water partition coefficient (Wildman–Crippen LogP) is 0.716. The number of hydrogen-bond donors (Lipinski definition) is 1. The fourth-order valence-electron chi connectivity index (χ4n) is 2.31. The van der Waals surface area contributed by atoms with E-state index in [0.717, 1.165) is 25.9 Å². The summed E-state index contributed by atoms with van der Waals surface area (Å²) in [5, 5.41) is 3.90. The summed E-state index contributed by atoms with van der Waals surface area (Å²) in [5.41, 5.74) is 0.536. The molecule has 0 radical (unpaired) electrons. The van der Waals surface area contributed by atoms with Gasteiger partial charge in [-0.05, 0) is 31.5 Å². The van der Waals surface area contributed by atoms with Crippen LogP contribution in [-0.4, -0.2) is 27.6 Å². The zero-order valence-corrected chi connectivity index (χ0v) is 9.47. The lowest BCUT2D eigenvalue weighted by molar-refractivity contribution is 0.363. The van der Waals surface area contributed by atoms with Gasteiger partial charge in [0.05, 0.1) is 11.4 Å². The molecule has 1 aliphatic rings. The van der Waals surface area contributed by atoms with Crippen molar-refractivity contribution in [1.29, 1.82) is 0 Å². The zero-order valence-electron chi connectivity index (χ0n) is 9.47. The average molecular weight is 230 g/mol. The number of hydrogen-bond acceptors (Lipinski definition) is 4. The summed E-state index contributed by atoms with van der Waals surface area (Å²) in [5.74, 6) is 0. The number of nitrogens with one attached hydrogen (secondary N) is 1. The molecule has 1 fully saturated rings. The molecule has 1 saturated heterocycles. The molecule has 3 heterocycles. The van der Waals surface area contributed by atoms with Gasteiger partial charge in [-0.1, -0.05) is 0 Å². The molecule has 3 rings (SSSR count). The smallest absolute Gasteiger partial charge is 0.263 e. The van der Waals surface area contributed by atoms with E-state index in [-0.39, 0.29) is 11.6 Å². The van der Waals surface area contributed by atoms with Gasteiger partial charge in [-0.3, -0.25) is 9.36 Å². The Bertz CT molecular complexity index is 586. The van der Waals surface area contributed by atoms with Crippen LogP contribution in [0.3, 0.4) is 0 Å². The number of nitrogens with zero attached hydrogens (tertiary/aromatic N) is 3. The minimum atomic E-state index is 0.0109. The third kappa shape index (κ3) is 1.82. The molecule has 2 aromatic rings. The molecule has 1 atom stereocenters. The topological polar surface area (TPSA) is 59.8 Å². The number of rotatable bonds is 1. The van der Waals surface area contributed by atoms with Crippen molar-refractivity contribution >= 4 is 11.0 Å². The number of pyridine rings is 1. The second-order valence-electron chi connectivity index (χ2n) is 4.33. The van der Waals surface area contributed by atoms with Crippen LogP contribution in [0.25, 0.3) is 11.0 Å². The monoisotopic (exact) mass is 230 g/mol. The van der Waals surface area contributed by atoms with Crippen molar-refractivity contribution in [2.45, 2.75) is 18.9 Å². The summed E-state index contributed by atoms with van der Waals surface area (Å²) in [6, 6.07) is 3.77. The molecule has 0 aliphatic carbocycles. The second kappa shape index (κ2) is 4.25. The highest BCUT2D eigenvalue weighted by molar-refractivity contribution is 5.72. The summed E-state index contributed by atoms with van der Waals surface area (Å²) in [7, 11) is 0. The summed E-state index contributed by atoms with van der Waals surface area (Å²) in [4.78, 5) is 20.6. The molecule has 5 heteroatoms. The highest BCUT2D eigenvalue weighted by Gasteiger charge is 2.17. The predicted molar refractivity (Wildman–Crippen MR) is 64.9 cm³/mol. The molecule has 1 N–H and O–H groups in total. The van der Waals surface area contributed by atoms with Gasteiger partial charge in [-0.15, -0.1) is 0 Å². The molecular weight excluding hydrogens is 216 g/mol. The second-order valence-corrected chi connectivity index (χ2v) is 4.33. The average Bonchev–Trinajstić information content (AvgIpc) is 2.40. The number of fused-ring (bicyclic) bond motifs is 1. The lowest BCUT2D eigenvalue weighted by Gasteiger charge is -2.24. The highest BCUT2D eigenvalue weighted by Crippen LogP contribution is 2.14. The Kier molecular flexibility index (Phi) is 2.60. The van der Waals surface area contributed by atoms with Crippen molar-refractivity contribution in [3.8, 4) is 0 Å². The fraction of sp³-hybridized carbons (Fsp3) is 0.417. The molecule has 88 valence electrons. The fourth-order valence-corrected chi connectivity index (χ4v) is 2.31. The first-order valence-electron chi connectivity index (χ1n) is 5.89. The van der Waals surface area contributed by atoms with Crippen LogP contribution >= 0.6 is 0 Å². The highest BCUT2D eigenvalue weighted by atomic mass is 16.1.